The second kappa shape index (κ2) is 48.5. The first-order chi connectivity index (χ1) is 60.1. The zero-order valence-corrected chi connectivity index (χ0v) is 76.6. The van der Waals surface area contributed by atoms with E-state index in [9.17, 15) is 65.5 Å². The first-order valence-electron chi connectivity index (χ1n) is 37.7. The van der Waals surface area contributed by atoms with Gasteiger partial charge in [-0.15, -0.1) is 22.7 Å². The Kier molecular flexibility index (Phi) is 38.6. The Morgan fingerprint density at radius 3 is 1.35 bits per heavy atom. The number of thiocarbonyl (C=S) groups is 1. The highest BCUT2D eigenvalue weighted by Crippen LogP contribution is 2.31. The molecule has 0 atom stereocenters. The molecule has 127 heavy (non-hydrogen) atoms. The number of alkyl carbamates (subject to hydrolysis) is 3. The van der Waals surface area contributed by atoms with Gasteiger partial charge in [0, 0.05) is 111 Å². The van der Waals surface area contributed by atoms with E-state index in [0.29, 0.717) is 38.9 Å². The number of nitrogens with two attached hydrogens (primary N) is 2. The van der Waals surface area contributed by atoms with Gasteiger partial charge in [-0.2, -0.15) is 0 Å². The van der Waals surface area contributed by atoms with Crippen molar-refractivity contribution >= 4 is 178 Å². The van der Waals surface area contributed by atoms with Crippen LogP contribution in [0.2, 0.25) is 0 Å². The van der Waals surface area contributed by atoms with E-state index in [1.165, 1.54) is 70.0 Å². The molecule has 2 aromatic carbocycles. The molecule has 0 saturated heterocycles. The zero-order valence-electron chi connectivity index (χ0n) is 69.4. The lowest BCUT2D eigenvalue weighted by molar-refractivity contribution is -0.117. The fourth-order valence-electron chi connectivity index (χ4n) is 10.5. The highest BCUT2D eigenvalue weighted by Gasteiger charge is 2.22. The number of hydrogen-bond donors (Lipinski definition) is 11. The number of rotatable bonds is 19. The molecule has 0 aliphatic rings. The molecule has 14 rings (SSSR count). The van der Waals surface area contributed by atoms with Crippen LogP contribution in [0.1, 0.15) is 115 Å². The fraction of sp³-hybridized carbons (Fsp3) is 0.235. The molecule has 5 amide bonds. The molecular weight excluding hydrogens is 1910 g/mol. The van der Waals surface area contributed by atoms with E-state index in [2.05, 4.69) is 131 Å². The number of primary amides is 1. The van der Waals surface area contributed by atoms with Gasteiger partial charge >= 0.3 is 24.2 Å². The Balaban J connectivity index is 0.000000210. The molecule has 0 spiro atoms. The van der Waals surface area contributed by atoms with Crippen molar-refractivity contribution in [3.05, 3.63) is 270 Å². The number of alkyl halides is 2. The SMILES string of the molecule is CC(C)(C)OC(=O)NCC(N)=O.CC(C)(C)OC(=O)NCC(N)=S.CC(C)(C)OC(=O)NCc1nc(-c2c[nH]c3ncccc23)cs1.O=C(Br)CBr.O=C(CBr)c1c[nH]c2ncccc12.O=C(NCc1nc(-c2c[nH]c3ncccc23)cs1)c1cccn(Cc2ccc(F)c(F)c2)c1=O.O=C(O)c1cccn(Cc2ccc(F)c(F)c2)c1=O.c1cnc2[nH]ccc2c1. The lowest BCUT2D eigenvalue weighted by Crippen LogP contribution is -2.37. The van der Waals surface area contributed by atoms with Gasteiger partial charge in [0.15, 0.2) is 29.1 Å². The van der Waals surface area contributed by atoms with E-state index in [0.717, 1.165) is 100 Å². The number of halogens is 7. The molecule has 32 nitrogen and oxygen atoms in total. The van der Waals surface area contributed by atoms with Crippen LogP contribution < -0.4 is 43.9 Å². The maximum absolute atomic E-state index is 13.5. The summed E-state index contributed by atoms with van der Waals surface area (Å²) >= 11 is 16.2. The van der Waals surface area contributed by atoms with Crippen molar-refractivity contribution in [3.8, 4) is 22.5 Å². The highest BCUT2D eigenvalue weighted by atomic mass is 79.9. The molecule has 0 radical (unpaired) electrons. The number of thiazole rings is 2. The number of hydrogen-bond acceptors (Lipinski definition) is 22. The van der Waals surface area contributed by atoms with E-state index in [4.69, 9.17) is 30.8 Å². The van der Waals surface area contributed by atoms with Gasteiger partial charge in [0.1, 0.15) is 60.5 Å². The number of aromatic amines is 4. The van der Waals surface area contributed by atoms with E-state index in [1.54, 1.807) is 78.6 Å². The third-order valence-corrected chi connectivity index (χ3v) is 19.7. The van der Waals surface area contributed by atoms with Gasteiger partial charge in [-0.1, -0.05) is 56.2 Å². The number of carboxylic acids is 1. The minimum Gasteiger partial charge on any atom is -0.477 e. The number of Topliss-reactive ketones (excluding diaryl/α,β-unsaturated/α-hetero) is 1. The molecule has 12 heterocycles. The monoisotopic (exact) mass is 1990 g/mol. The lowest BCUT2D eigenvalue weighted by Gasteiger charge is -2.19. The Morgan fingerprint density at radius 1 is 0.504 bits per heavy atom. The van der Waals surface area contributed by atoms with Gasteiger partial charge in [-0.05, 0) is 192 Å². The van der Waals surface area contributed by atoms with Crippen LogP contribution >= 0.6 is 82.7 Å². The van der Waals surface area contributed by atoms with Gasteiger partial charge < -0.3 is 81.1 Å². The maximum atomic E-state index is 13.5. The Hall–Kier alpha value is -13.0. The number of benzene rings is 2. The molecule has 14 aromatic rings. The van der Waals surface area contributed by atoms with Crippen molar-refractivity contribution in [3.63, 3.8) is 0 Å². The summed E-state index contributed by atoms with van der Waals surface area (Å²) in [7, 11) is 0. The summed E-state index contributed by atoms with van der Waals surface area (Å²) in [5, 5.41) is 29.0. The Bertz CT molecular complexity index is 6200. The summed E-state index contributed by atoms with van der Waals surface area (Å²) in [5.41, 5.74) is 15.1. The second-order valence-electron chi connectivity index (χ2n) is 29.2. The van der Waals surface area contributed by atoms with Crippen LogP contribution in [0.4, 0.5) is 31.9 Å². The predicted octanol–water partition coefficient (Wildman–Crippen LogP) is 15.5. The van der Waals surface area contributed by atoms with E-state index >= 15 is 0 Å². The number of aromatic nitrogens is 12. The van der Waals surface area contributed by atoms with Crippen LogP contribution in [0, 0.1) is 23.3 Å². The molecule has 0 unspecified atom stereocenters. The molecular formula is C85H87Br3F4N18O14S3. The van der Waals surface area contributed by atoms with Crippen molar-refractivity contribution < 1.29 is 75.2 Å². The number of H-pyrrole nitrogens is 4. The maximum Gasteiger partial charge on any atom is 0.408 e. The second-order valence-corrected chi connectivity index (χ2v) is 33.6. The predicted molar refractivity (Wildman–Crippen MR) is 490 cm³/mol. The number of nitrogens with zero attached hydrogens (tertiary/aromatic N) is 8. The van der Waals surface area contributed by atoms with Crippen molar-refractivity contribution in [2.24, 2.45) is 11.5 Å². The largest absolute Gasteiger partial charge is 0.477 e. The number of aromatic carboxylic acids is 1. The van der Waals surface area contributed by atoms with E-state index < -0.39 is 87.3 Å². The molecule has 0 aliphatic heterocycles. The summed E-state index contributed by atoms with van der Waals surface area (Å²) < 4.78 is 69.8. The quantitative estimate of drug-likeness (QED) is 0.00894. The molecule has 0 bridgehead atoms. The van der Waals surface area contributed by atoms with Gasteiger partial charge in [0.25, 0.3) is 17.0 Å². The molecule has 0 fully saturated rings. The van der Waals surface area contributed by atoms with Gasteiger partial charge in [-0.25, -0.2) is 66.6 Å². The minimum absolute atomic E-state index is 0.00642. The topological polar surface area (TPSA) is 469 Å². The van der Waals surface area contributed by atoms with Gasteiger partial charge in [0.05, 0.1) is 66.3 Å². The average Bonchev–Trinajstić information content (AvgIpc) is 1.68. The number of carbonyl (C=O) groups excluding carboxylic acids is 7. The van der Waals surface area contributed by atoms with Crippen LogP contribution in [0.25, 0.3) is 66.6 Å². The summed E-state index contributed by atoms with van der Waals surface area (Å²) in [6.07, 6.45) is 15.5. The van der Waals surface area contributed by atoms with Crippen molar-refractivity contribution in [2.45, 2.75) is 105 Å². The first kappa shape index (κ1) is 101. The number of ketones is 1. The number of carboxylic acid groups (broad SMARTS) is 1. The van der Waals surface area contributed by atoms with Gasteiger partial charge in [0.2, 0.25) is 10.6 Å². The number of nitrogens with one attached hydrogen (secondary N) is 8. The number of ether oxygens (including phenoxy) is 3. The molecule has 0 saturated carbocycles. The molecule has 42 heteroatoms. The Morgan fingerprint density at radius 2 is 0.921 bits per heavy atom. The third kappa shape index (κ3) is 33.8. The summed E-state index contributed by atoms with van der Waals surface area (Å²) in [5.74, 6) is -6.35. The average molecular weight is 2000 g/mol. The van der Waals surface area contributed by atoms with Gasteiger partial charge in [-0.3, -0.25) is 28.8 Å². The van der Waals surface area contributed by atoms with Crippen molar-refractivity contribution in [1.82, 2.24) is 80.2 Å². The molecule has 0 aliphatic carbocycles. The van der Waals surface area contributed by atoms with E-state index in [-0.39, 0.29) is 59.3 Å². The van der Waals surface area contributed by atoms with Crippen LogP contribution in [-0.4, -0.2) is 156 Å². The Labute approximate surface area is 761 Å². The minimum atomic E-state index is -1.33. The third-order valence-electron chi connectivity index (χ3n) is 15.8. The smallest absolute Gasteiger partial charge is 0.408 e. The van der Waals surface area contributed by atoms with Crippen molar-refractivity contribution in [2.75, 3.05) is 23.7 Å². The van der Waals surface area contributed by atoms with Crippen LogP contribution in [0.5, 0.6) is 0 Å². The standard InChI is InChI=1S/C24H17F2N5O2S.C16H18N4O2S.C13H9F2NO3.C9H7BrN2O.C7H14N2O3.C7H14N2O2S.C7H6N2.C2H2Br2O/c25-18-6-5-14(9-19(18)26)12-31-8-2-4-16(24(31)33)23(32)29-11-21-30-20(13-34-21)17-10-28-22-15(17)3-1-7-27-22;1-16(2,3)22-15(21)19-8-13-20-12(9-23-13)11-7-18-14-10(11)5-4-6-17-14;14-10-4-3-8(6-11(10)15)7-16-5-1-2-9(12(16)17)13(18)19;10-4-8(13)7-5-12-9-6(7)2-1-3-11-9;1-7(2,3)12-6(11)9-4-5(8)10;1-7(2,3)11-6(10)9-4-5(8)12;1-2-6-3-5-9-7(6)8-4-1;3-1-2(4)5/h1-10,13H,11-12H2,(H,27,28)(H,29,32);4-7,9H,8H2,1-3H3,(H,17,18)(H,19,21);1-6H,7H2,(H,18,19);1-3,5H,4H2,(H,11,12);4H2,1-3H3,(H2,8,10)(H,9,11);4H2,1-3H3,(H2,8,12)(H,9,10);1-5H,(H,8,9);1H2. The van der Waals surface area contributed by atoms with Crippen LogP contribution in [-0.2, 0) is 50.0 Å². The zero-order chi connectivity index (χ0) is 93.3. The highest BCUT2D eigenvalue weighted by molar-refractivity contribution is 9.19. The number of carbonyl (C=O) groups is 8. The number of fused-ring (bicyclic) bond motifs is 4. The van der Waals surface area contributed by atoms with Crippen LogP contribution in [0.15, 0.2) is 198 Å². The molecule has 13 N–H and O–H groups in total. The normalized spacial score (nSPS) is 10.7. The molecule has 668 valence electrons. The number of pyridine rings is 6. The summed E-state index contributed by atoms with van der Waals surface area (Å²) in [6.45, 7) is 16.5. The van der Waals surface area contributed by atoms with Crippen LogP contribution in [0.3, 0.4) is 0 Å². The van der Waals surface area contributed by atoms with E-state index in [1.807, 2.05) is 105 Å². The summed E-state index contributed by atoms with van der Waals surface area (Å²) in [4.78, 5) is 151. The molecule has 12 aromatic heterocycles. The lowest BCUT2D eigenvalue weighted by atomic mass is 10.2. The first-order valence-corrected chi connectivity index (χ1v) is 42.9. The fourth-order valence-corrected chi connectivity index (χ4v) is 12.3. The number of amides is 5. The van der Waals surface area contributed by atoms with Crippen molar-refractivity contribution in [1.29, 1.82) is 0 Å². The summed E-state index contributed by atoms with van der Waals surface area (Å²) in [6, 6.07) is 29.6.